The zero-order valence-electron chi connectivity index (χ0n) is 21.4. The van der Waals surface area contributed by atoms with E-state index in [0.29, 0.717) is 32.8 Å². The second kappa shape index (κ2) is 9.06. The highest BCUT2D eigenvalue weighted by atomic mass is 16.5. The fraction of sp³-hybridized carbons (Fsp3) is 0.643. The van der Waals surface area contributed by atoms with E-state index in [-0.39, 0.29) is 41.7 Å². The molecule has 1 N–H and O–H groups in total. The number of nitrogens with zero attached hydrogens (tertiary/aromatic N) is 3. The first kappa shape index (κ1) is 23.8. The monoisotopic (exact) mass is 495 g/mol. The Balaban J connectivity index is 1.40. The Morgan fingerprint density at radius 3 is 2.42 bits per heavy atom. The number of aromatic nitrogens is 1. The van der Waals surface area contributed by atoms with Crippen molar-refractivity contribution in [3.63, 3.8) is 0 Å². The summed E-state index contributed by atoms with van der Waals surface area (Å²) in [6, 6.07) is 5.81. The second-order valence-corrected chi connectivity index (χ2v) is 11.1. The molecule has 0 unspecified atom stereocenters. The zero-order valence-corrected chi connectivity index (χ0v) is 21.4. The molecule has 2 amide bonds. The summed E-state index contributed by atoms with van der Waals surface area (Å²) in [5.41, 5.74) is 3.09. The van der Waals surface area contributed by atoms with Gasteiger partial charge >= 0.3 is 0 Å². The number of amides is 2. The molecule has 4 aliphatic rings. The van der Waals surface area contributed by atoms with Crippen LogP contribution in [0.1, 0.15) is 55.8 Å². The molecule has 1 spiro atoms. The van der Waals surface area contributed by atoms with Crippen molar-refractivity contribution in [1.82, 2.24) is 14.4 Å². The van der Waals surface area contributed by atoms with Gasteiger partial charge in [-0.3, -0.25) is 9.59 Å². The molecule has 4 heterocycles. The highest BCUT2D eigenvalue weighted by Gasteiger charge is 2.51. The molecular formula is C28H37N3O5. The Labute approximate surface area is 212 Å². The highest BCUT2D eigenvalue weighted by Crippen LogP contribution is 2.51. The van der Waals surface area contributed by atoms with Crippen LogP contribution >= 0.6 is 0 Å². The number of aryl methyl sites for hydroxylation is 1. The van der Waals surface area contributed by atoms with Crippen LogP contribution in [0.4, 0.5) is 0 Å². The van der Waals surface area contributed by atoms with Gasteiger partial charge in [0, 0.05) is 74.3 Å². The van der Waals surface area contributed by atoms with E-state index < -0.39 is 0 Å². The number of benzene rings is 1. The minimum Gasteiger partial charge on any atom is -0.497 e. The summed E-state index contributed by atoms with van der Waals surface area (Å²) < 4.78 is 13.1. The molecule has 2 aromatic rings. The van der Waals surface area contributed by atoms with Gasteiger partial charge in [0.25, 0.3) is 0 Å². The molecular weight excluding hydrogens is 458 g/mol. The van der Waals surface area contributed by atoms with E-state index in [1.807, 2.05) is 29.0 Å². The second-order valence-electron chi connectivity index (χ2n) is 11.1. The molecule has 2 saturated heterocycles. The van der Waals surface area contributed by atoms with E-state index in [1.54, 1.807) is 7.11 Å². The first-order valence-electron chi connectivity index (χ1n) is 13.4. The Morgan fingerprint density at radius 2 is 1.78 bits per heavy atom. The van der Waals surface area contributed by atoms with E-state index in [0.717, 1.165) is 60.9 Å². The largest absolute Gasteiger partial charge is 0.497 e. The molecule has 194 valence electrons. The third-order valence-electron chi connectivity index (χ3n) is 9.13. The number of ether oxygens (including phenoxy) is 2. The van der Waals surface area contributed by atoms with Crippen molar-refractivity contribution in [2.24, 2.45) is 18.9 Å². The molecule has 8 heteroatoms. The van der Waals surface area contributed by atoms with Crippen molar-refractivity contribution < 1.29 is 24.2 Å². The van der Waals surface area contributed by atoms with Crippen LogP contribution < -0.4 is 4.74 Å². The normalized spacial score (nSPS) is 24.2. The maximum absolute atomic E-state index is 13.5. The summed E-state index contributed by atoms with van der Waals surface area (Å²) in [5, 5.41) is 11.7. The van der Waals surface area contributed by atoms with Gasteiger partial charge in [-0.15, -0.1) is 0 Å². The van der Waals surface area contributed by atoms with Crippen molar-refractivity contribution in [1.29, 1.82) is 0 Å². The smallest absolute Gasteiger partial charge is 0.226 e. The number of aliphatic hydroxyl groups is 1. The molecule has 1 aromatic heterocycles. The van der Waals surface area contributed by atoms with E-state index in [2.05, 4.69) is 10.6 Å². The van der Waals surface area contributed by atoms with Gasteiger partial charge < -0.3 is 28.9 Å². The first-order valence-corrected chi connectivity index (χ1v) is 13.4. The maximum Gasteiger partial charge on any atom is 0.226 e. The lowest BCUT2D eigenvalue weighted by molar-refractivity contribution is -0.143. The third kappa shape index (κ3) is 3.72. The summed E-state index contributed by atoms with van der Waals surface area (Å²) >= 11 is 0. The van der Waals surface area contributed by atoms with Crippen LogP contribution in [0, 0.1) is 11.8 Å². The average molecular weight is 496 g/mol. The quantitative estimate of drug-likeness (QED) is 0.705. The standard InChI is InChI=1S/C28H37N3O5/c1-29-22-15-20(35-2)5-6-21(22)24-25(29)23(16-32)31(27(34)18-3-4-18)17-28(24)9-11-30(12-10-28)26(33)19-7-13-36-14-8-19/h5-6,15,18-19,23,32H,3-4,7-14,16-17H2,1-2H3/t23-/m0/s1. The molecule has 8 nitrogen and oxygen atoms in total. The first-order chi connectivity index (χ1) is 17.5. The van der Waals surface area contributed by atoms with Gasteiger partial charge in [-0.2, -0.15) is 0 Å². The summed E-state index contributed by atoms with van der Waals surface area (Å²) in [7, 11) is 3.70. The predicted octanol–water partition coefficient (Wildman–Crippen LogP) is 2.76. The molecule has 1 atom stereocenters. The van der Waals surface area contributed by atoms with Gasteiger partial charge in [-0.1, -0.05) is 0 Å². The van der Waals surface area contributed by atoms with Crippen molar-refractivity contribution in [2.45, 2.75) is 50.0 Å². The Kier molecular flexibility index (Phi) is 5.99. The lowest BCUT2D eigenvalue weighted by Gasteiger charge is -2.51. The van der Waals surface area contributed by atoms with E-state index >= 15 is 0 Å². The highest BCUT2D eigenvalue weighted by molar-refractivity contribution is 5.90. The summed E-state index contributed by atoms with van der Waals surface area (Å²) in [6.45, 7) is 3.21. The van der Waals surface area contributed by atoms with Crippen molar-refractivity contribution >= 4 is 22.7 Å². The molecule has 1 aromatic carbocycles. The molecule has 0 bridgehead atoms. The zero-order chi connectivity index (χ0) is 25.0. The predicted molar refractivity (Wildman–Crippen MR) is 135 cm³/mol. The molecule has 1 saturated carbocycles. The summed E-state index contributed by atoms with van der Waals surface area (Å²) in [6.07, 6.45) is 5.11. The molecule has 36 heavy (non-hydrogen) atoms. The summed E-state index contributed by atoms with van der Waals surface area (Å²) in [5.74, 6) is 1.36. The van der Waals surface area contributed by atoms with Crippen molar-refractivity contribution in [3.05, 3.63) is 29.5 Å². The van der Waals surface area contributed by atoms with Crippen LogP contribution in [0.3, 0.4) is 0 Å². The van der Waals surface area contributed by atoms with Gasteiger partial charge in [0.15, 0.2) is 0 Å². The number of hydrogen-bond donors (Lipinski definition) is 1. The minimum atomic E-state index is -0.357. The van der Waals surface area contributed by atoms with Gasteiger partial charge in [0.2, 0.25) is 11.8 Å². The average Bonchev–Trinajstić information content (AvgIpc) is 3.73. The topological polar surface area (TPSA) is 84.2 Å². The van der Waals surface area contributed by atoms with Gasteiger partial charge in [-0.25, -0.2) is 0 Å². The molecule has 3 fully saturated rings. The molecule has 6 rings (SSSR count). The molecule has 3 aliphatic heterocycles. The van der Waals surface area contributed by atoms with E-state index in [1.165, 1.54) is 5.56 Å². The van der Waals surface area contributed by atoms with Gasteiger partial charge in [-0.05, 0) is 56.2 Å². The Hall–Kier alpha value is -2.58. The van der Waals surface area contributed by atoms with Crippen LogP contribution in [0.25, 0.3) is 10.9 Å². The third-order valence-corrected chi connectivity index (χ3v) is 9.13. The molecule has 1 aliphatic carbocycles. The van der Waals surface area contributed by atoms with Crippen molar-refractivity contribution in [2.75, 3.05) is 46.6 Å². The van der Waals surface area contributed by atoms with Crippen LogP contribution in [0.15, 0.2) is 18.2 Å². The SMILES string of the molecule is COc1ccc2c3c(n(C)c2c1)[C@H](CO)N(C(=O)C1CC1)CC31CCN(C(=O)C2CCOCC2)CC1. The number of rotatable bonds is 4. The number of hydrogen-bond acceptors (Lipinski definition) is 5. The van der Waals surface area contributed by atoms with E-state index in [9.17, 15) is 14.7 Å². The minimum absolute atomic E-state index is 0.0615. The van der Waals surface area contributed by atoms with E-state index in [4.69, 9.17) is 9.47 Å². The number of fused-ring (bicyclic) bond motifs is 4. The molecule has 0 radical (unpaired) electrons. The lowest BCUT2D eigenvalue weighted by atomic mass is 9.68. The van der Waals surface area contributed by atoms with Gasteiger partial charge in [0.1, 0.15) is 5.75 Å². The Morgan fingerprint density at radius 1 is 1.08 bits per heavy atom. The van der Waals surface area contributed by atoms with Crippen LogP contribution in [0.5, 0.6) is 5.75 Å². The van der Waals surface area contributed by atoms with Crippen LogP contribution in [-0.2, 0) is 26.8 Å². The number of methoxy groups -OCH3 is 1. The number of piperidine rings is 1. The lowest BCUT2D eigenvalue weighted by Crippen LogP contribution is -2.57. The fourth-order valence-electron chi connectivity index (χ4n) is 6.92. The van der Waals surface area contributed by atoms with Crippen LogP contribution in [-0.4, -0.2) is 77.9 Å². The number of carbonyl (C=O) groups is 2. The Bertz CT molecular complexity index is 1170. The van der Waals surface area contributed by atoms with Crippen molar-refractivity contribution in [3.8, 4) is 5.75 Å². The number of aliphatic hydroxyl groups excluding tert-OH is 1. The summed E-state index contributed by atoms with van der Waals surface area (Å²) in [4.78, 5) is 30.8. The maximum atomic E-state index is 13.5. The number of carbonyl (C=O) groups excluding carboxylic acids is 2. The van der Waals surface area contributed by atoms with Crippen LogP contribution in [0.2, 0.25) is 0 Å². The van der Waals surface area contributed by atoms with Gasteiger partial charge in [0.05, 0.1) is 25.3 Å². The fourth-order valence-corrected chi connectivity index (χ4v) is 6.92. The number of likely N-dealkylation sites (tertiary alicyclic amines) is 1.